The maximum Gasteiger partial charge on any atom is 0.418 e. The summed E-state index contributed by atoms with van der Waals surface area (Å²) in [5.41, 5.74) is 5.92. The van der Waals surface area contributed by atoms with Crippen molar-refractivity contribution in [3.05, 3.63) is 11.8 Å². The molecule has 1 aromatic heterocycles. The summed E-state index contributed by atoms with van der Waals surface area (Å²) in [6.07, 6.45) is 4.67. The molecule has 0 aromatic carbocycles. The molecule has 4 rings (SSSR count). The summed E-state index contributed by atoms with van der Waals surface area (Å²) in [7, 11) is -4.76. The molecule has 12 heteroatoms. The van der Waals surface area contributed by atoms with Gasteiger partial charge in [0.05, 0.1) is 6.04 Å². The van der Waals surface area contributed by atoms with Gasteiger partial charge >= 0.3 is 16.4 Å². The summed E-state index contributed by atoms with van der Waals surface area (Å²) < 4.78 is 41.0. The number of hydrogen-bond donors (Lipinski definition) is 2. The first-order chi connectivity index (χ1) is 12.3. The van der Waals surface area contributed by atoms with Crippen LogP contribution < -0.4 is 5.73 Å². The monoisotopic (exact) mass is 387 g/mol. The predicted molar refractivity (Wildman–Crippen MR) is 85.8 cm³/mol. The fourth-order valence-corrected chi connectivity index (χ4v) is 4.39. The lowest BCUT2D eigenvalue weighted by Crippen LogP contribution is -2.35. The van der Waals surface area contributed by atoms with Gasteiger partial charge in [-0.3, -0.25) is 4.55 Å². The number of nitrogens with two attached hydrogens (primary N) is 1. The van der Waals surface area contributed by atoms with E-state index in [1.165, 1.54) is 4.90 Å². The number of urea groups is 1. The van der Waals surface area contributed by atoms with Crippen LogP contribution in [0.1, 0.15) is 62.3 Å². The summed E-state index contributed by atoms with van der Waals surface area (Å²) in [6, 6.07) is -1.29. The van der Waals surface area contributed by atoms with E-state index in [0.29, 0.717) is 29.7 Å². The number of carbonyl (C=O) groups is 1. The Kier molecular flexibility index (Phi) is 4.37. The molecule has 1 aromatic rings. The van der Waals surface area contributed by atoms with E-state index in [-0.39, 0.29) is 18.5 Å². The first kappa shape index (κ1) is 17.6. The molecule has 2 aliphatic heterocycles. The fraction of sp³-hybridized carbons (Fsp3) is 0.786. The summed E-state index contributed by atoms with van der Waals surface area (Å²) >= 11 is 0. The summed E-state index contributed by atoms with van der Waals surface area (Å²) in [4.78, 5) is 13.9. The molecule has 3 fully saturated rings. The van der Waals surface area contributed by atoms with Crippen molar-refractivity contribution in [2.45, 2.75) is 62.6 Å². The molecule has 3 aliphatic rings. The summed E-state index contributed by atoms with van der Waals surface area (Å²) in [5.74, 6) is 1.09. The number of piperidine rings is 1. The van der Waals surface area contributed by atoms with Gasteiger partial charge in [0.2, 0.25) is 11.8 Å². The van der Waals surface area contributed by atoms with Crippen LogP contribution in [0.15, 0.2) is 4.42 Å². The summed E-state index contributed by atoms with van der Waals surface area (Å²) in [5, 5.41) is 8.97. The van der Waals surface area contributed by atoms with Gasteiger partial charge in [0, 0.05) is 18.5 Å². The largest absolute Gasteiger partial charge is 0.423 e. The Bertz CT molecular complexity index is 790. The zero-order valence-corrected chi connectivity index (χ0v) is 14.8. The van der Waals surface area contributed by atoms with E-state index in [4.69, 9.17) is 14.7 Å². The molecule has 2 atom stereocenters. The molecule has 3 heterocycles. The Hall–Kier alpha value is -1.76. The minimum absolute atomic E-state index is 0.182. The summed E-state index contributed by atoms with van der Waals surface area (Å²) in [6.45, 7) is 0.273. The van der Waals surface area contributed by atoms with Crippen molar-refractivity contribution in [3.8, 4) is 0 Å². The van der Waals surface area contributed by atoms with Crippen molar-refractivity contribution in [2.24, 2.45) is 5.73 Å². The topological polar surface area (TPSA) is 152 Å². The van der Waals surface area contributed by atoms with E-state index >= 15 is 0 Å². The zero-order chi connectivity index (χ0) is 18.5. The second-order valence-electron chi connectivity index (χ2n) is 7.10. The third kappa shape index (κ3) is 3.29. The molecule has 0 radical (unpaired) electrons. The minimum atomic E-state index is -4.76. The average molecular weight is 387 g/mol. The van der Waals surface area contributed by atoms with E-state index in [0.717, 1.165) is 25.7 Å². The van der Waals surface area contributed by atoms with Crippen LogP contribution in [0.4, 0.5) is 4.79 Å². The van der Waals surface area contributed by atoms with Gasteiger partial charge in [0.25, 0.3) is 0 Å². The highest BCUT2D eigenvalue weighted by molar-refractivity contribution is 7.80. The van der Waals surface area contributed by atoms with Crippen LogP contribution in [0.2, 0.25) is 0 Å². The second kappa shape index (κ2) is 6.44. The van der Waals surface area contributed by atoms with Crippen LogP contribution in [-0.2, 0) is 14.7 Å². The van der Waals surface area contributed by atoms with Crippen LogP contribution in [0.3, 0.4) is 0 Å². The Balaban J connectivity index is 1.49. The van der Waals surface area contributed by atoms with Crippen LogP contribution in [0.5, 0.6) is 0 Å². The normalized spacial score (nSPS) is 32.3. The van der Waals surface area contributed by atoms with Crippen LogP contribution in [-0.4, -0.2) is 57.8 Å². The van der Waals surface area contributed by atoms with Crippen LogP contribution in [0, 0.1) is 0 Å². The molecular weight excluding hydrogens is 366 g/mol. The minimum Gasteiger partial charge on any atom is -0.423 e. The molecular formula is C14H21N5O6S. The van der Waals surface area contributed by atoms with E-state index in [2.05, 4.69) is 14.5 Å². The number of nitrogens with zero attached hydrogens (tertiary/aromatic N) is 4. The number of amides is 2. The lowest BCUT2D eigenvalue weighted by atomic mass is 9.86. The van der Waals surface area contributed by atoms with Gasteiger partial charge in [0.15, 0.2) is 0 Å². The molecule has 3 N–H and O–H groups in total. The Morgan fingerprint density at radius 3 is 2.50 bits per heavy atom. The molecule has 1 saturated carbocycles. The molecule has 26 heavy (non-hydrogen) atoms. The molecule has 2 saturated heterocycles. The highest BCUT2D eigenvalue weighted by atomic mass is 32.3. The Morgan fingerprint density at radius 1 is 1.12 bits per heavy atom. The Morgan fingerprint density at radius 2 is 1.81 bits per heavy atom. The Labute approximate surface area is 150 Å². The number of rotatable bonds is 4. The maximum atomic E-state index is 12.4. The third-order valence-corrected chi connectivity index (χ3v) is 5.71. The van der Waals surface area contributed by atoms with Gasteiger partial charge in [0.1, 0.15) is 6.04 Å². The molecule has 2 amide bonds. The van der Waals surface area contributed by atoms with Gasteiger partial charge in [-0.05, 0) is 38.5 Å². The maximum absolute atomic E-state index is 12.4. The second-order valence-corrected chi connectivity index (χ2v) is 8.10. The smallest absolute Gasteiger partial charge is 0.418 e. The van der Waals surface area contributed by atoms with Gasteiger partial charge in [-0.15, -0.1) is 14.5 Å². The van der Waals surface area contributed by atoms with E-state index in [1.54, 1.807) is 0 Å². The third-order valence-electron chi connectivity index (χ3n) is 5.36. The highest BCUT2D eigenvalue weighted by Crippen LogP contribution is 2.39. The average Bonchev–Trinajstić information content (AvgIpc) is 3.15. The van der Waals surface area contributed by atoms with Crippen molar-refractivity contribution in [1.82, 2.24) is 20.2 Å². The number of carbonyl (C=O) groups excluding carboxylic acids is 1. The van der Waals surface area contributed by atoms with Gasteiger partial charge in [-0.2, -0.15) is 13.5 Å². The van der Waals surface area contributed by atoms with Gasteiger partial charge < -0.3 is 15.1 Å². The predicted octanol–water partition coefficient (Wildman–Crippen LogP) is 0.730. The molecule has 0 spiro atoms. The molecule has 1 aliphatic carbocycles. The molecule has 2 bridgehead atoms. The van der Waals surface area contributed by atoms with E-state index in [1.807, 2.05) is 0 Å². The number of hydrogen-bond acceptors (Lipinski definition) is 8. The van der Waals surface area contributed by atoms with Crippen molar-refractivity contribution < 1.29 is 26.5 Å². The van der Waals surface area contributed by atoms with Crippen molar-refractivity contribution in [2.75, 3.05) is 6.54 Å². The lowest BCUT2D eigenvalue weighted by molar-refractivity contribution is -0.0317. The molecule has 1 unspecified atom stereocenters. The number of hydroxylamine groups is 2. The number of fused-ring (bicyclic) bond motifs is 2. The highest BCUT2D eigenvalue weighted by Gasteiger charge is 2.49. The first-order valence-electron chi connectivity index (χ1n) is 8.67. The fourth-order valence-electron chi connectivity index (χ4n) is 4.00. The standard InChI is InChI=1S/C14H21N5O6S/c15-9-3-1-8(2-4-9)12-16-17-13(24-12)11-6-5-10-7-18(11)14(20)19(10)25-26(21,22)23/h8-11H,1-7,15H2,(H,21,22,23)/t8?,9?,10?,11-/m0/s1. The quantitative estimate of drug-likeness (QED) is 0.712. The SMILES string of the molecule is NC1CCC(c2nnc([C@@H]3CCC4CN3C(=O)N4OS(=O)(=O)O)o2)CC1. The number of aromatic nitrogens is 2. The zero-order valence-electron chi connectivity index (χ0n) is 14.0. The van der Waals surface area contributed by atoms with Crippen LogP contribution in [0.25, 0.3) is 0 Å². The molecule has 144 valence electrons. The van der Waals surface area contributed by atoms with Crippen molar-refractivity contribution in [1.29, 1.82) is 0 Å². The molecule has 11 nitrogen and oxygen atoms in total. The van der Waals surface area contributed by atoms with Crippen molar-refractivity contribution in [3.63, 3.8) is 0 Å². The van der Waals surface area contributed by atoms with Crippen LogP contribution >= 0.6 is 0 Å². The first-order valence-corrected chi connectivity index (χ1v) is 10.0. The van der Waals surface area contributed by atoms with E-state index in [9.17, 15) is 13.2 Å². The van der Waals surface area contributed by atoms with Gasteiger partial charge in [-0.25, -0.2) is 4.79 Å². The van der Waals surface area contributed by atoms with Crippen molar-refractivity contribution >= 4 is 16.4 Å². The van der Waals surface area contributed by atoms with Gasteiger partial charge in [-0.1, -0.05) is 0 Å². The lowest BCUT2D eigenvalue weighted by Gasteiger charge is -2.27. The van der Waals surface area contributed by atoms with E-state index < -0.39 is 28.5 Å².